The van der Waals surface area contributed by atoms with Gasteiger partial charge < -0.3 is 15.4 Å². The predicted molar refractivity (Wildman–Crippen MR) is 119 cm³/mol. The predicted octanol–water partition coefficient (Wildman–Crippen LogP) is 6.39. The van der Waals surface area contributed by atoms with Crippen LogP contribution in [0, 0.1) is 6.92 Å². The standard InChI is InChI=1S/C24H17ClN2O2/c1-13-21-14(7-9-17-18-12-15(25)8-10-20(18)27-22(17)21)11-19(23(13)28)24(29)26-16-5-3-2-4-6-16/h2-12,27-28H,1H3,(H,26,29). The first kappa shape index (κ1) is 17.6. The van der Waals surface area contributed by atoms with Crippen LogP contribution in [0.15, 0.2) is 66.7 Å². The Hall–Kier alpha value is -3.50. The number of rotatable bonds is 2. The van der Waals surface area contributed by atoms with Crippen molar-refractivity contribution in [3.63, 3.8) is 0 Å². The number of aromatic amines is 1. The molecular weight excluding hydrogens is 384 g/mol. The molecule has 0 unspecified atom stereocenters. The Bertz CT molecular complexity index is 1420. The van der Waals surface area contributed by atoms with Gasteiger partial charge in [-0.05, 0) is 48.7 Å². The van der Waals surface area contributed by atoms with E-state index in [1.54, 1.807) is 6.07 Å². The monoisotopic (exact) mass is 400 g/mol. The molecule has 0 atom stereocenters. The van der Waals surface area contributed by atoms with Crippen LogP contribution in [0.25, 0.3) is 32.6 Å². The Morgan fingerprint density at radius 3 is 2.59 bits per heavy atom. The van der Waals surface area contributed by atoms with Crippen LogP contribution in [0.4, 0.5) is 5.69 Å². The van der Waals surface area contributed by atoms with Gasteiger partial charge in [-0.25, -0.2) is 0 Å². The van der Waals surface area contributed by atoms with E-state index in [2.05, 4.69) is 10.3 Å². The molecule has 1 aromatic heterocycles. The Balaban J connectivity index is 1.71. The van der Waals surface area contributed by atoms with Crippen molar-refractivity contribution < 1.29 is 9.90 Å². The van der Waals surface area contributed by atoms with Crippen molar-refractivity contribution in [3.05, 3.63) is 82.9 Å². The number of halogens is 1. The lowest BCUT2D eigenvalue weighted by Crippen LogP contribution is -2.12. The van der Waals surface area contributed by atoms with Gasteiger partial charge in [0.25, 0.3) is 5.91 Å². The number of aromatic hydroxyl groups is 1. The summed E-state index contributed by atoms with van der Waals surface area (Å²) in [5, 5.41) is 18.2. The lowest BCUT2D eigenvalue weighted by atomic mass is 9.97. The van der Waals surface area contributed by atoms with E-state index in [9.17, 15) is 9.90 Å². The van der Waals surface area contributed by atoms with Gasteiger partial charge in [-0.1, -0.05) is 41.9 Å². The van der Waals surface area contributed by atoms with Gasteiger partial charge in [0.2, 0.25) is 0 Å². The highest BCUT2D eigenvalue weighted by Crippen LogP contribution is 2.38. The minimum absolute atomic E-state index is 0.0184. The fourth-order valence-electron chi connectivity index (χ4n) is 3.92. The van der Waals surface area contributed by atoms with Gasteiger partial charge in [-0.3, -0.25) is 4.79 Å². The highest BCUT2D eigenvalue weighted by molar-refractivity contribution is 6.32. The number of carbonyl (C=O) groups is 1. The molecule has 4 nitrogen and oxygen atoms in total. The van der Waals surface area contributed by atoms with Crippen LogP contribution in [0.1, 0.15) is 15.9 Å². The van der Waals surface area contributed by atoms with Gasteiger partial charge in [-0.2, -0.15) is 0 Å². The number of phenolic OH excluding ortho intramolecular Hbond substituents is 1. The quantitative estimate of drug-likeness (QED) is 0.321. The van der Waals surface area contributed by atoms with Gasteiger partial charge in [0, 0.05) is 37.9 Å². The van der Waals surface area contributed by atoms with Crippen LogP contribution in [-0.2, 0) is 0 Å². The van der Waals surface area contributed by atoms with E-state index < -0.39 is 0 Å². The molecule has 0 saturated carbocycles. The summed E-state index contributed by atoms with van der Waals surface area (Å²) in [5.41, 5.74) is 3.48. The first-order valence-corrected chi connectivity index (χ1v) is 9.63. The Labute approximate surface area is 171 Å². The first-order chi connectivity index (χ1) is 14.0. The summed E-state index contributed by atoms with van der Waals surface area (Å²) in [6, 6.07) is 20.6. The van der Waals surface area contributed by atoms with Crippen LogP contribution in [0.3, 0.4) is 0 Å². The van der Waals surface area contributed by atoms with Gasteiger partial charge in [0.1, 0.15) is 5.75 Å². The zero-order valence-electron chi connectivity index (χ0n) is 15.6. The summed E-state index contributed by atoms with van der Waals surface area (Å²) in [6.07, 6.45) is 0. The molecule has 0 aliphatic heterocycles. The van der Waals surface area contributed by atoms with Crippen LogP contribution >= 0.6 is 11.6 Å². The minimum atomic E-state index is -0.345. The second kappa shape index (κ2) is 6.54. The maximum atomic E-state index is 12.8. The van der Waals surface area contributed by atoms with Crippen LogP contribution in [-0.4, -0.2) is 16.0 Å². The number of para-hydroxylation sites is 1. The van der Waals surface area contributed by atoms with Crippen molar-refractivity contribution in [3.8, 4) is 5.75 Å². The molecule has 0 saturated heterocycles. The highest BCUT2D eigenvalue weighted by Gasteiger charge is 2.19. The topological polar surface area (TPSA) is 65.1 Å². The zero-order valence-corrected chi connectivity index (χ0v) is 16.3. The smallest absolute Gasteiger partial charge is 0.259 e. The van der Waals surface area contributed by atoms with Crippen molar-refractivity contribution >= 4 is 55.8 Å². The van der Waals surface area contributed by atoms with Gasteiger partial charge in [-0.15, -0.1) is 0 Å². The molecule has 1 amide bonds. The number of nitrogens with one attached hydrogen (secondary N) is 2. The third kappa shape index (κ3) is 2.80. The fourth-order valence-corrected chi connectivity index (χ4v) is 4.09. The summed E-state index contributed by atoms with van der Waals surface area (Å²) in [5.74, 6) is -0.364. The van der Waals surface area contributed by atoms with E-state index >= 15 is 0 Å². The van der Waals surface area contributed by atoms with Crippen molar-refractivity contribution in [2.75, 3.05) is 5.32 Å². The van der Waals surface area contributed by atoms with E-state index in [-0.39, 0.29) is 17.2 Å². The molecule has 0 aliphatic rings. The van der Waals surface area contributed by atoms with E-state index in [0.29, 0.717) is 16.3 Å². The maximum Gasteiger partial charge on any atom is 0.259 e. The van der Waals surface area contributed by atoms with Gasteiger partial charge in [0.15, 0.2) is 0 Å². The Morgan fingerprint density at radius 1 is 1.00 bits per heavy atom. The van der Waals surface area contributed by atoms with E-state index in [0.717, 1.165) is 32.6 Å². The molecule has 0 bridgehead atoms. The number of benzene rings is 4. The summed E-state index contributed by atoms with van der Waals surface area (Å²) in [7, 11) is 0. The summed E-state index contributed by atoms with van der Waals surface area (Å²) >= 11 is 6.17. The lowest BCUT2D eigenvalue weighted by Gasteiger charge is -2.12. The second-order valence-electron chi connectivity index (χ2n) is 7.12. The summed E-state index contributed by atoms with van der Waals surface area (Å²) in [4.78, 5) is 16.2. The average Bonchev–Trinajstić information content (AvgIpc) is 3.08. The number of fused-ring (bicyclic) bond motifs is 5. The number of hydrogen-bond acceptors (Lipinski definition) is 2. The SMILES string of the molecule is Cc1c(O)c(C(=O)Nc2ccccc2)cc2ccc3c4cc(Cl)ccc4[nH]c3c12. The van der Waals surface area contributed by atoms with Crippen LogP contribution in [0.5, 0.6) is 5.75 Å². The molecule has 5 heteroatoms. The van der Waals surface area contributed by atoms with E-state index in [1.165, 1.54) is 0 Å². The number of phenols is 1. The largest absolute Gasteiger partial charge is 0.507 e. The minimum Gasteiger partial charge on any atom is -0.507 e. The number of anilines is 1. The number of aromatic nitrogens is 1. The molecule has 5 aromatic rings. The summed E-state index contributed by atoms with van der Waals surface area (Å²) in [6.45, 7) is 1.83. The molecule has 29 heavy (non-hydrogen) atoms. The molecule has 0 fully saturated rings. The molecule has 3 N–H and O–H groups in total. The fraction of sp³-hybridized carbons (Fsp3) is 0.0417. The molecular formula is C24H17ClN2O2. The van der Waals surface area contributed by atoms with Crippen molar-refractivity contribution in [2.24, 2.45) is 0 Å². The van der Waals surface area contributed by atoms with Gasteiger partial charge >= 0.3 is 0 Å². The Kier molecular flexibility index (Phi) is 3.96. The molecule has 142 valence electrons. The first-order valence-electron chi connectivity index (χ1n) is 9.25. The summed E-state index contributed by atoms with van der Waals surface area (Å²) < 4.78 is 0. The van der Waals surface area contributed by atoms with Crippen molar-refractivity contribution in [1.82, 2.24) is 4.98 Å². The van der Waals surface area contributed by atoms with Gasteiger partial charge in [0.05, 0.1) is 11.1 Å². The van der Waals surface area contributed by atoms with Crippen LogP contribution in [0.2, 0.25) is 5.02 Å². The third-order valence-corrected chi connectivity index (χ3v) is 5.57. The van der Waals surface area contributed by atoms with Crippen molar-refractivity contribution in [1.29, 1.82) is 0 Å². The maximum absolute atomic E-state index is 12.8. The Morgan fingerprint density at radius 2 is 1.79 bits per heavy atom. The number of aryl methyl sites for hydroxylation is 1. The molecule has 0 radical (unpaired) electrons. The lowest BCUT2D eigenvalue weighted by molar-refractivity contribution is 0.102. The number of H-pyrrole nitrogens is 1. The second-order valence-corrected chi connectivity index (χ2v) is 7.56. The molecule has 1 heterocycles. The zero-order chi connectivity index (χ0) is 20.1. The molecule has 0 spiro atoms. The number of hydrogen-bond donors (Lipinski definition) is 3. The van der Waals surface area contributed by atoms with Crippen molar-refractivity contribution in [2.45, 2.75) is 6.92 Å². The molecule has 5 rings (SSSR count). The number of carbonyl (C=O) groups excluding carboxylic acids is 1. The third-order valence-electron chi connectivity index (χ3n) is 5.33. The van der Waals surface area contributed by atoms with E-state index in [4.69, 9.17) is 11.6 Å². The highest BCUT2D eigenvalue weighted by atomic mass is 35.5. The molecule has 0 aliphatic carbocycles. The normalized spacial score (nSPS) is 11.4. The van der Waals surface area contributed by atoms with Crippen LogP contribution < -0.4 is 5.32 Å². The van der Waals surface area contributed by atoms with E-state index in [1.807, 2.05) is 67.6 Å². The average molecular weight is 401 g/mol. The molecule has 4 aromatic carbocycles. The number of amides is 1.